The van der Waals surface area contributed by atoms with Crippen LogP contribution in [0.1, 0.15) is 50.8 Å². The number of esters is 1. The van der Waals surface area contributed by atoms with Crippen molar-refractivity contribution in [3.8, 4) is 0 Å². The number of aryl methyl sites for hydroxylation is 1. The summed E-state index contributed by atoms with van der Waals surface area (Å²) in [6.45, 7) is 10.9. The fourth-order valence-corrected chi connectivity index (χ4v) is 1.78. The molecule has 0 spiro atoms. The van der Waals surface area contributed by atoms with E-state index in [1.807, 2.05) is 13.3 Å². The highest BCUT2D eigenvalue weighted by molar-refractivity contribution is 5.71. The second-order valence-electron chi connectivity index (χ2n) is 5.53. The molecule has 0 aliphatic carbocycles. The molecule has 0 aliphatic heterocycles. The fourth-order valence-electron chi connectivity index (χ4n) is 1.78. The molecule has 0 saturated heterocycles. The molecule has 0 heterocycles. The van der Waals surface area contributed by atoms with E-state index >= 15 is 0 Å². The average molecular weight is 247 g/mol. The van der Waals surface area contributed by atoms with Crippen LogP contribution in [-0.2, 0) is 14.9 Å². The minimum Gasteiger partial charge on any atom is -0.466 e. The van der Waals surface area contributed by atoms with Crippen molar-refractivity contribution in [2.24, 2.45) is 0 Å². The first kappa shape index (κ1) is 14.7. The van der Waals surface area contributed by atoms with Gasteiger partial charge in [0.2, 0.25) is 0 Å². The summed E-state index contributed by atoms with van der Waals surface area (Å²) >= 11 is 0. The minimum absolute atomic E-state index is 0.157. The van der Waals surface area contributed by atoms with Crippen molar-refractivity contribution < 1.29 is 9.53 Å². The molecule has 0 unspecified atom stereocenters. The molecule has 0 atom stereocenters. The van der Waals surface area contributed by atoms with Gasteiger partial charge in [-0.2, -0.15) is 0 Å². The maximum absolute atomic E-state index is 11.3. The van der Waals surface area contributed by atoms with E-state index in [4.69, 9.17) is 4.74 Å². The molecule has 2 nitrogen and oxygen atoms in total. The second-order valence-corrected chi connectivity index (χ2v) is 5.53. The molecular formula is C16H23O2. The number of carbonyl (C=O) groups is 1. The Morgan fingerprint density at radius 1 is 1.33 bits per heavy atom. The minimum atomic E-state index is -0.170. The zero-order valence-corrected chi connectivity index (χ0v) is 12.0. The van der Waals surface area contributed by atoms with E-state index in [1.165, 1.54) is 11.1 Å². The van der Waals surface area contributed by atoms with Crippen LogP contribution < -0.4 is 0 Å². The van der Waals surface area contributed by atoms with Gasteiger partial charge < -0.3 is 4.74 Å². The summed E-state index contributed by atoms with van der Waals surface area (Å²) in [5.74, 6) is -0.170. The van der Waals surface area contributed by atoms with Crippen LogP contribution in [0.15, 0.2) is 18.2 Å². The largest absolute Gasteiger partial charge is 0.466 e. The molecule has 0 amide bonds. The zero-order valence-electron chi connectivity index (χ0n) is 12.0. The molecule has 1 aromatic rings. The fraction of sp³-hybridized carbons (Fsp3) is 0.500. The van der Waals surface area contributed by atoms with Gasteiger partial charge in [-0.3, -0.25) is 4.79 Å². The van der Waals surface area contributed by atoms with Gasteiger partial charge in [-0.1, -0.05) is 39.0 Å². The lowest BCUT2D eigenvalue weighted by atomic mass is 9.85. The van der Waals surface area contributed by atoms with Crippen LogP contribution in [0, 0.1) is 13.3 Å². The van der Waals surface area contributed by atoms with Crippen molar-refractivity contribution in [2.75, 3.05) is 6.61 Å². The Hall–Kier alpha value is -1.31. The first-order valence-electron chi connectivity index (χ1n) is 6.44. The quantitative estimate of drug-likeness (QED) is 0.756. The number of benzene rings is 1. The topological polar surface area (TPSA) is 26.3 Å². The van der Waals surface area contributed by atoms with Crippen molar-refractivity contribution in [3.63, 3.8) is 0 Å². The summed E-state index contributed by atoms with van der Waals surface area (Å²) in [6.07, 6.45) is 2.27. The van der Waals surface area contributed by atoms with Crippen molar-refractivity contribution in [3.05, 3.63) is 41.3 Å². The smallest absolute Gasteiger partial charge is 0.306 e. The van der Waals surface area contributed by atoms with Gasteiger partial charge >= 0.3 is 5.97 Å². The molecule has 0 saturated carbocycles. The highest BCUT2D eigenvalue weighted by Gasteiger charge is 2.14. The van der Waals surface area contributed by atoms with Gasteiger partial charge in [0.15, 0.2) is 0 Å². The molecule has 1 aromatic carbocycles. The van der Waals surface area contributed by atoms with E-state index < -0.39 is 0 Å². The zero-order chi connectivity index (χ0) is 13.8. The van der Waals surface area contributed by atoms with E-state index in [0.717, 1.165) is 5.56 Å². The Labute approximate surface area is 110 Å². The normalized spacial score (nSPS) is 11.4. The maximum Gasteiger partial charge on any atom is 0.306 e. The average Bonchev–Trinajstić information content (AvgIpc) is 2.26. The van der Waals surface area contributed by atoms with Gasteiger partial charge in [-0.25, -0.2) is 0 Å². The highest BCUT2D eigenvalue weighted by atomic mass is 16.5. The highest BCUT2D eigenvalue weighted by Crippen LogP contribution is 2.25. The molecule has 0 aliphatic rings. The molecule has 0 fully saturated rings. The van der Waals surface area contributed by atoms with Gasteiger partial charge in [0.05, 0.1) is 13.0 Å². The van der Waals surface area contributed by atoms with Crippen LogP contribution in [0.4, 0.5) is 0 Å². The Balaban J connectivity index is 2.72. The molecule has 0 aromatic heterocycles. The summed E-state index contributed by atoms with van der Waals surface area (Å²) in [5, 5.41) is 0. The van der Waals surface area contributed by atoms with E-state index in [2.05, 4.69) is 45.9 Å². The summed E-state index contributed by atoms with van der Waals surface area (Å²) in [7, 11) is 0. The summed E-state index contributed by atoms with van der Waals surface area (Å²) in [5.41, 5.74) is 3.78. The third-order valence-electron chi connectivity index (χ3n) is 2.93. The molecule has 1 rings (SSSR count). The lowest BCUT2D eigenvalue weighted by molar-refractivity contribution is -0.142. The second kappa shape index (κ2) is 6.03. The van der Waals surface area contributed by atoms with Gasteiger partial charge in [0.1, 0.15) is 0 Å². The first-order valence-corrected chi connectivity index (χ1v) is 6.44. The van der Waals surface area contributed by atoms with Crippen molar-refractivity contribution >= 4 is 5.97 Å². The van der Waals surface area contributed by atoms with Crippen LogP contribution in [0.3, 0.4) is 0 Å². The number of hydrogen-bond acceptors (Lipinski definition) is 2. The van der Waals surface area contributed by atoms with Gasteiger partial charge in [-0.05, 0) is 36.0 Å². The van der Waals surface area contributed by atoms with E-state index in [9.17, 15) is 4.79 Å². The van der Waals surface area contributed by atoms with Crippen molar-refractivity contribution in [1.82, 2.24) is 0 Å². The number of rotatable bonds is 4. The molecular weight excluding hydrogens is 224 g/mol. The molecule has 1 radical (unpaired) electrons. The van der Waals surface area contributed by atoms with Crippen LogP contribution in [0.5, 0.6) is 0 Å². The Morgan fingerprint density at radius 2 is 2.00 bits per heavy atom. The van der Waals surface area contributed by atoms with E-state index in [0.29, 0.717) is 13.0 Å². The number of hydrogen-bond donors (Lipinski definition) is 0. The lowest BCUT2D eigenvalue weighted by Gasteiger charge is -2.20. The number of ether oxygens (including phenoxy) is 1. The third kappa shape index (κ3) is 4.17. The van der Waals surface area contributed by atoms with Crippen molar-refractivity contribution in [1.29, 1.82) is 0 Å². The molecule has 99 valence electrons. The molecule has 2 heteroatoms. The van der Waals surface area contributed by atoms with Gasteiger partial charge in [0, 0.05) is 6.42 Å². The lowest BCUT2D eigenvalue weighted by Crippen LogP contribution is -2.11. The van der Waals surface area contributed by atoms with Crippen LogP contribution in [-0.4, -0.2) is 12.6 Å². The molecule has 0 N–H and O–H groups in total. The number of carbonyl (C=O) groups excluding carboxylic acids is 1. The Morgan fingerprint density at radius 3 is 2.50 bits per heavy atom. The van der Waals surface area contributed by atoms with Crippen molar-refractivity contribution in [2.45, 2.75) is 46.5 Å². The Kier molecular flexibility index (Phi) is 4.94. The summed E-state index contributed by atoms with van der Waals surface area (Å²) < 4.78 is 4.91. The molecule has 18 heavy (non-hydrogen) atoms. The predicted octanol–water partition coefficient (Wildman–Crippen LogP) is 3.80. The maximum atomic E-state index is 11.3. The monoisotopic (exact) mass is 247 g/mol. The van der Waals surface area contributed by atoms with Crippen LogP contribution >= 0.6 is 0 Å². The molecule has 0 bridgehead atoms. The van der Waals surface area contributed by atoms with E-state index in [1.54, 1.807) is 0 Å². The van der Waals surface area contributed by atoms with Gasteiger partial charge in [-0.15, -0.1) is 0 Å². The van der Waals surface area contributed by atoms with Gasteiger partial charge in [0.25, 0.3) is 0 Å². The van der Waals surface area contributed by atoms with Crippen LogP contribution in [0.25, 0.3) is 0 Å². The predicted molar refractivity (Wildman–Crippen MR) is 74.5 cm³/mol. The van der Waals surface area contributed by atoms with Crippen LogP contribution in [0.2, 0.25) is 0 Å². The van der Waals surface area contributed by atoms with E-state index in [-0.39, 0.29) is 11.4 Å². The summed E-state index contributed by atoms with van der Waals surface area (Å²) in [4.78, 5) is 11.3. The third-order valence-corrected chi connectivity index (χ3v) is 2.93. The first-order chi connectivity index (χ1) is 8.34. The summed E-state index contributed by atoms with van der Waals surface area (Å²) in [6, 6.07) is 6.40. The Bertz CT molecular complexity index is 414. The SMILES string of the molecule is CCOC(=O)C[CH]c1ccc(C(C)(C)C)cc1C. The standard InChI is InChI=1S/C16H23O2/c1-6-18-15(17)10-8-13-7-9-14(11-12(13)2)16(3,4)5/h7-9,11H,6,10H2,1-5H3.